The van der Waals surface area contributed by atoms with Crippen molar-refractivity contribution in [2.75, 3.05) is 13.1 Å². The first kappa shape index (κ1) is 14.8. The maximum atomic E-state index is 12.2. The number of aromatic nitrogens is 2. The number of thiophene rings is 1. The van der Waals surface area contributed by atoms with Crippen LogP contribution in [-0.4, -0.2) is 40.1 Å². The van der Waals surface area contributed by atoms with E-state index in [1.807, 2.05) is 17.5 Å². The van der Waals surface area contributed by atoms with Gasteiger partial charge in [-0.1, -0.05) is 6.07 Å². The van der Waals surface area contributed by atoms with E-state index in [2.05, 4.69) is 15.3 Å². The van der Waals surface area contributed by atoms with Gasteiger partial charge in [0.1, 0.15) is 6.10 Å². The van der Waals surface area contributed by atoms with E-state index in [1.165, 1.54) is 0 Å². The molecule has 7 heteroatoms. The number of carbonyl (C=O) groups is 1. The van der Waals surface area contributed by atoms with Crippen molar-refractivity contribution in [3.8, 4) is 5.88 Å². The highest BCUT2D eigenvalue weighted by atomic mass is 32.1. The number of ether oxygens (including phenoxy) is 1. The molecule has 1 aliphatic rings. The van der Waals surface area contributed by atoms with Crippen LogP contribution in [0, 0.1) is 0 Å². The molecule has 22 heavy (non-hydrogen) atoms. The van der Waals surface area contributed by atoms with Gasteiger partial charge in [0.25, 0.3) is 0 Å². The first-order chi connectivity index (χ1) is 10.8. The Morgan fingerprint density at radius 3 is 3.23 bits per heavy atom. The Bertz CT molecular complexity index is 591. The van der Waals surface area contributed by atoms with Crippen LogP contribution in [0.2, 0.25) is 0 Å². The summed E-state index contributed by atoms with van der Waals surface area (Å²) in [4.78, 5) is 23.3. The molecule has 2 aromatic rings. The van der Waals surface area contributed by atoms with Gasteiger partial charge in [-0.15, -0.1) is 11.3 Å². The van der Waals surface area contributed by atoms with Gasteiger partial charge in [-0.25, -0.2) is 9.78 Å². The highest BCUT2D eigenvalue weighted by Gasteiger charge is 2.25. The van der Waals surface area contributed by atoms with E-state index < -0.39 is 0 Å². The van der Waals surface area contributed by atoms with Crippen LogP contribution in [0.15, 0.2) is 36.1 Å². The Morgan fingerprint density at radius 2 is 2.45 bits per heavy atom. The zero-order valence-electron chi connectivity index (χ0n) is 12.1. The summed E-state index contributed by atoms with van der Waals surface area (Å²) in [6.07, 6.45) is 6.62. The number of likely N-dealkylation sites (tertiary alicyclic amines) is 1. The summed E-state index contributed by atoms with van der Waals surface area (Å²) in [6, 6.07) is 3.96. The summed E-state index contributed by atoms with van der Waals surface area (Å²) in [7, 11) is 0. The van der Waals surface area contributed by atoms with Crippen LogP contribution in [0.3, 0.4) is 0 Å². The van der Waals surface area contributed by atoms with Crippen molar-refractivity contribution >= 4 is 17.4 Å². The van der Waals surface area contributed by atoms with Crippen LogP contribution in [0.4, 0.5) is 4.79 Å². The number of amides is 2. The zero-order chi connectivity index (χ0) is 15.2. The first-order valence-electron chi connectivity index (χ1n) is 7.29. The standard InChI is InChI=1S/C15H18N4O2S/c20-15(18-9-13-4-2-8-22-13)19-7-1-3-12(11-19)21-14-10-16-5-6-17-14/h2,4-6,8,10,12H,1,3,7,9,11H2,(H,18,20). The third-order valence-corrected chi connectivity index (χ3v) is 4.36. The average Bonchev–Trinajstić information content (AvgIpc) is 3.07. The number of nitrogens with one attached hydrogen (secondary N) is 1. The normalized spacial score (nSPS) is 18.0. The second-order valence-electron chi connectivity index (χ2n) is 5.11. The highest BCUT2D eigenvalue weighted by molar-refractivity contribution is 7.09. The summed E-state index contributed by atoms with van der Waals surface area (Å²) in [5.41, 5.74) is 0. The van der Waals surface area contributed by atoms with Crippen LogP contribution < -0.4 is 10.1 Å². The molecule has 0 spiro atoms. The molecule has 3 heterocycles. The van der Waals surface area contributed by atoms with Gasteiger partial charge in [0, 0.05) is 23.8 Å². The molecule has 116 valence electrons. The second-order valence-corrected chi connectivity index (χ2v) is 6.14. The van der Waals surface area contributed by atoms with E-state index in [0.29, 0.717) is 19.0 Å². The quantitative estimate of drug-likeness (QED) is 0.939. The largest absolute Gasteiger partial charge is 0.471 e. The van der Waals surface area contributed by atoms with Gasteiger partial charge in [-0.2, -0.15) is 0 Å². The summed E-state index contributed by atoms with van der Waals surface area (Å²) in [5.74, 6) is 0.508. The van der Waals surface area contributed by atoms with Crippen LogP contribution in [0.5, 0.6) is 5.88 Å². The summed E-state index contributed by atoms with van der Waals surface area (Å²) in [5, 5.41) is 4.96. The Labute approximate surface area is 133 Å². The predicted octanol–water partition coefficient (Wildman–Crippen LogP) is 2.29. The molecule has 0 aliphatic carbocycles. The minimum Gasteiger partial charge on any atom is -0.471 e. The van der Waals surface area contributed by atoms with E-state index in [9.17, 15) is 4.79 Å². The Kier molecular flexibility index (Phi) is 4.85. The van der Waals surface area contributed by atoms with Crippen molar-refractivity contribution in [2.45, 2.75) is 25.5 Å². The molecular weight excluding hydrogens is 300 g/mol. The number of hydrogen-bond donors (Lipinski definition) is 1. The summed E-state index contributed by atoms with van der Waals surface area (Å²) in [6.45, 7) is 1.91. The molecule has 1 N–H and O–H groups in total. The molecule has 6 nitrogen and oxygen atoms in total. The molecule has 1 aliphatic heterocycles. The van der Waals surface area contributed by atoms with Crippen molar-refractivity contribution in [2.24, 2.45) is 0 Å². The third kappa shape index (κ3) is 3.94. The van der Waals surface area contributed by atoms with Crippen LogP contribution in [0.1, 0.15) is 17.7 Å². The lowest BCUT2D eigenvalue weighted by atomic mass is 10.1. The number of piperidine rings is 1. The Balaban J connectivity index is 1.50. The van der Waals surface area contributed by atoms with Crippen molar-refractivity contribution < 1.29 is 9.53 Å². The van der Waals surface area contributed by atoms with Gasteiger partial charge in [-0.05, 0) is 24.3 Å². The van der Waals surface area contributed by atoms with Gasteiger partial charge in [0.05, 0.1) is 19.3 Å². The molecule has 3 rings (SSSR count). The lowest BCUT2D eigenvalue weighted by Gasteiger charge is -2.32. The molecule has 2 aromatic heterocycles. The van der Waals surface area contributed by atoms with Gasteiger partial charge in [-0.3, -0.25) is 4.98 Å². The predicted molar refractivity (Wildman–Crippen MR) is 83.8 cm³/mol. The molecule has 1 atom stereocenters. The third-order valence-electron chi connectivity index (χ3n) is 3.49. The number of urea groups is 1. The first-order valence-corrected chi connectivity index (χ1v) is 8.17. The molecule has 0 aromatic carbocycles. The molecular formula is C15H18N4O2S. The smallest absolute Gasteiger partial charge is 0.317 e. The van der Waals surface area contributed by atoms with Crippen molar-refractivity contribution in [1.29, 1.82) is 0 Å². The van der Waals surface area contributed by atoms with Gasteiger partial charge >= 0.3 is 6.03 Å². The summed E-state index contributed by atoms with van der Waals surface area (Å²) < 4.78 is 5.79. The van der Waals surface area contributed by atoms with E-state index in [-0.39, 0.29) is 12.1 Å². The average molecular weight is 318 g/mol. The maximum Gasteiger partial charge on any atom is 0.317 e. The number of carbonyl (C=O) groups excluding carboxylic acids is 1. The fourth-order valence-corrected chi connectivity index (χ4v) is 3.07. The fraction of sp³-hybridized carbons (Fsp3) is 0.400. The van der Waals surface area contributed by atoms with Gasteiger partial charge in [0.15, 0.2) is 0 Å². The second kappa shape index (κ2) is 7.22. The van der Waals surface area contributed by atoms with Crippen LogP contribution >= 0.6 is 11.3 Å². The topological polar surface area (TPSA) is 67.4 Å². The lowest BCUT2D eigenvalue weighted by molar-refractivity contribution is 0.0974. The number of hydrogen-bond acceptors (Lipinski definition) is 5. The van der Waals surface area contributed by atoms with E-state index in [0.717, 1.165) is 24.3 Å². The van der Waals surface area contributed by atoms with E-state index in [4.69, 9.17) is 4.74 Å². The maximum absolute atomic E-state index is 12.2. The Morgan fingerprint density at radius 1 is 1.50 bits per heavy atom. The zero-order valence-corrected chi connectivity index (χ0v) is 13.0. The fourth-order valence-electron chi connectivity index (χ4n) is 2.42. The number of rotatable bonds is 4. The molecule has 0 saturated carbocycles. The SMILES string of the molecule is O=C(NCc1cccs1)N1CCCC(Oc2cnccn2)C1. The highest BCUT2D eigenvalue weighted by Crippen LogP contribution is 2.16. The molecule has 2 amide bonds. The van der Waals surface area contributed by atoms with Gasteiger partial charge in [0.2, 0.25) is 5.88 Å². The van der Waals surface area contributed by atoms with E-state index in [1.54, 1.807) is 34.8 Å². The monoisotopic (exact) mass is 318 g/mol. The molecule has 1 saturated heterocycles. The molecule has 0 radical (unpaired) electrons. The lowest BCUT2D eigenvalue weighted by Crippen LogP contribution is -2.48. The van der Waals surface area contributed by atoms with Crippen molar-refractivity contribution in [1.82, 2.24) is 20.2 Å². The number of nitrogens with zero attached hydrogens (tertiary/aromatic N) is 3. The molecule has 1 unspecified atom stereocenters. The minimum absolute atomic E-state index is 0.0297. The van der Waals surface area contributed by atoms with Crippen molar-refractivity contribution in [3.63, 3.8) is 0 Å². The Hall–Kier alpha value is -2.15. The van der Waals surface area contributed by atoms with Crippen molar-refractivity contribution in [3.05, 3.63) is 41.0 Å². The van der Waals surface area contributed by atoms with Crippen LogP contribution in [-0.2, 0) is 6.54 Å². The minimum atomic E-state index is -0.0409. The summed E-state index contributed by atoms with van der Waals surface area (Å²) >= 11 is 1.64. The van der Waals surface area contributed by atoms with Gasteiger partial charge < -0.3 is 15.0 Å². The molecule has 1 fully saturated rings. The molecule has 0 bridgehead atoms. The van der Waals surface area contributed by atoms with E-state index >= 15 is 0 Å². The van der Waals surface area contributed by atoms with Crippen LogP contribution in [0.25, 0.3) is 0 Å².